The lowest BCUT2D eigenvalue weighted by Gasteiger charge is -2.23. The molecule has 6 N–H and O–H groups in total. The van der Waals surface area contributed by atoms with Gasteiger partial charge in [0.2, 0.25) is 11.8 Å². The van der Waals surface area contributed by atoms with E-state index < -0.39 is 35.9 Å². The molecule has 30 heavy (non-hydrogen) atoms. The second-order valence-electron chi connectivity index (χ2n) is 6.82. The molecule has 1 heterocycles. The van der Waals surface area contributed by atoms with Crippen molar-refractivity contribution < 1.29 is 19.5 Å². The predicted molar refractivity (Wildman–Crippen MR) is 115 cm³/mol. The van der Waals surface area contributed by atoms with Crippen molar-refractivity contribution in [1.82, 2.24) is 20.6 Å². The Kier molecular flexibility index (Phi) is 9.36. The first kappa shape index (κ1) is 23.4. The van der Waals surface area contributed by atoms with Crippen LogP contribution in [0.5, 0.6) is 0 Å². The average Bonchev–Trinajstić information content (AvgIpc) is 3.24. The van der Waals surface area contributed by atoms with Crippen molar-refractivity contribution in [3.8, 4) is 0 Å². The van der Waals surface area contributed by atoms with Crippen LogP contribution in [0.1, 0.15) is 17.7 Å². The number of aromatic amines is 1. The Morgan fingerprint density at radius 3 is 2.43 bits per heavy atom. The minimum atomic E-state index is -1.14. The number of nitrogens with zero attached hydrogens (tertiary/aromatic N) is 1. The molecule has 1 aromatic heterocycles. The van der Waals surface area contributed by atoms with Gasteiger partial charge >= 0.3 is 5.97 Å². The van der Waals surface area contributed by atoms with Gasteiger partial charge in [0.25, 0.3) is 0 Å². The molecule has 0 spiro atoms. The topological polar surface area (TPSA) is 150 Å². The van der Waals surface area contributed by atoms with Crippen molar-refractivity contribution in [3.05, 3.63) is 54.1 Å². The van der Waals surface area contributed by atoms with Gasteiger partial charge in [-0.3, -0.25) is 9.59 Å². The molecular weight excluding hydrogens is 406 g/mol. The number of imidazole rings is 1. The zero-order valence-electron chi connectivity index (χ0n) is 16.7. The molecule has 0 aliphatic rings. The van der Waals surface area contributed by atoms with Crippen molar-refractivity contribution in [1.29, 1.82) is 0 Å². The number of nitrogens with two attached hydrogens (primary N) is 1. The summed E-state index contributed by atoms with van der Waals surface area (Å²) < 4.78 is 0. The molecule has 3 atom stereocenters. The first-order chi connectivity index (χ1) is 14.4. The van der Waals surface area contributed by atoms with Crippen LogP contribution in [-0.2, 0) is 27.2 Å². The fourth-order valence-corrected chi connectivity index (χ4v) is 3.30. The van der Waals surface area contributed by atoms with Gasteiger partial charge < -0.3 is 26.5 Å². The number of carboxylic acids is 1. The highest BCUT2D eigenvalue weighted by atomic mass is 32.2. The van der Waals surface area contributed by atoms with Crippen molar-refractivity contribution in [3.63, 3.8) is 0 Å². The van der Waals surface area contributed by atoms with Crippen molar-refractivity contribution in [2.45, 2.75) is 37.4 Å². The molecule has 0 radical (unpaired) electrons. The van der Waals surface area contributed by atoms with Crippen LogP contribution < -0.4 is 16.4 Å². The first-order valence-corrected chi connectivity index (χ1v) is 10.9. The molecule has 0 bridgehead atoms. The van der Waals surface area contributed by atoms with E-state index in [-0.39, 0.29) is 12.8 Å². The zero-order chi connectivity index (χ0) is 21.9. The Bertz CT molecular complexity index is 816. The molecule has 0 unspecified atom stereocenters. The summed E-state index contributed by atoms with van der Waals surface area (Å²) >= 11 is 1.52. The number of carbonyl (C=O) groups is 3. The van der Waals surface area contributed by atoms with Gasteiger partial charge in [-0.05, 0) is 24.0 Å². The SMILES string of the molecule is CSCC[C@H](NC(=O)[C@@H](N)Cc1cnc[nH]1)C(=O)N[C@@H](Cc1ccccc1)C(=O)O. The molecule has 0 saturated carbocycles. The van der Waals surface area contributed by atoms with Gasteiger partial charge in [0.1, 0.15) is 12.1 Å². The maximum absolute atomic E-state index is 12.8. The summed E-state index contributed by atoms with van der Waals surface area (Å²) in [6.07, 6.45) is 5.70. The van der Waals surface area contributed by atoms with E-state index in [0.29, 0.717) is 17.9 Å². The summed E-state index contributed by atoms with van der Waals surface area (Å²) in [6.45, 7) is 0. The second kappa shape index (κ2) is 12.0. The van der Waals surface area contributed by atoms with Crippen molar-refractivity contribution in [2.24, 2.45) is 5.73 Å². The van der Waals surface area contributed by atoms with E-state index in [1.165, 1.54) is 18.1 Å². The minimum absolute atomic E-state index is 0.143. The number of hydrogen-bond acceptors (Lipinski definition) is 6. The highest BCUT2D eigenvalue weighted by Gasteiger charge is 2.28. The number of carbonyl (C=O) groups excluding carboxylic acids is 2. The largest absolute Gasteiger partial charge is 0.480 e. The number of aromatic nitrogens is 2. The minimum Gasteiger partial charge on any atom is -0.480 e. The van der Waals surface area contributed by atoms with E-state index in [9.17, 15) is 19.5 Å². The maximum Gasteiger partial charge on any atom is 0.326 e. The molecule has 10 heteroatoms. The quantitative estimate of drug-likeness (QED) is 0.324. The molecule has 2 aromatic rings. The first-order valence-electron chi connectivity index (χ1n) is 9.50. The van der Waals surface area contributed by atoms with Gasteiger partial charge in [0, 0.05) is 24.7 Å². The highest BCUT2D eigenvalue weighted by molar-refractivity contribution is 7.98. The molecule has 162 valence electrons. The average molecular weight is 434 g/mol. The summed E-state index contributed by atoms with van der Waals surface area (Å²) in [5, 5.41) is 14.7. The number of amides is 2. The van der Waals surface area contributed by atoms with Crippen molar-refractivity contribution >= 4 is 29.5 Å². The highest BCUT2D eigenvalue weighted by Crippen LogP contribution is 2.07. The third-order valence-corrected chi connectivity index (χ3v) is 5.12. The monoisotopic (exact) mass is 433 g/mol. The van der Waals surface area contributed by atoms with E-state index in [4.69, 9.17) is 5.73 Å². The van der Waals surface area contributed by atoms with Gasteiger partial charge in [-0.15, -0.1) is 0 Å². The van der Waals surface area contributed by atoms with Crippen LogP contribution >= 0.6 is 11.8 Å². The predicted octanol–water partition coefficient (Wildman–Crippen LogP) is 0.330. The summed E-state index contributed by atoms with van der Waals surface area (Å²) in [5.41, 5.74) is 7.44. The van der Waals surface area contributed by atoms with Gasteiger partial charge in [-0.2, -0.15) is 11.8 Å². The molecule has 2 rings (SSSR count). The van der Waals surface area contributed by atoms with Gasteiger partial charge in [-0.1, -0.05) is 30.3 Å². The Hall–Kier alpha value is -2.85. The van der Waals surface area contributed by atoms with Crippen LogP contribution in [0.25, 0.3) is 0 Å². The van der Waals surface area contributed by atoms with Crippen LogP contribution in [0.2, 0.25) is 0 Å². The summed E-state index contributed by atoms with van der Waals surface area (Å²) in [6, 6.07) is 6.18. The number of benzene rings is 1. The number of nitrogens with one attached hydrogen (secondary N) is 3. The fourth-order valence-electron chi connectivity index (χ4n) is 2.83. The van der Waals surface area contributed by atoms with E-state index in [1.54, 1.807) is 30.5 Å². The molecule has 0 fully saturated rings. The third-order valence-electron chi connectivity index (χ3n) is 4.47. The third kappa shape index (κ3) is 7.53. The summed E-state index contributed by atoms with van der Waals surface area (Å²) in [5.74, 6) is -1.56. The van der Waals surface area contributed by atoms with Gasteiger partial charge in [0.15, 0.2) is 0 Å². The Labute approximate surface area is 179 Å². The maximum atomic E-state index is 12.8. The lowest BCUT2D eigenvalue weighted by Crippen LogP contribution is -2.55. The van der Waals surface area contributed by atoms with Gasteiger partial charge in [0.05, 0.1) is 12.4 Å². The normalized spacial score (nSPS) is 13.8. The molecule has 1 aromatic carbocycles. The zero-order valence-corrected chi connectivity index (χ0v) is 17.5. The molecule has 0 aliphatic heterocycles. The number of rotatable bonds is 12. The molecular formula is C20H27N5O4S. The molecule has 2 amide bonds. The van der Waals surface area contributed by atoms with Crippen LogP contribution in [0.3, 0.4) is 0 Å². The summed E-state index contributed by atoms with van der Waals surface area (Å²) in [7, 11) is 0. The molecule has 0 saturated heterocycles. The van der Waals surface area contributed by atoms with E-state index in [2.05, 4.69) is 20.6 Å². The van der Waals surface area contributed by atoms with Crippen LogP contribution in [0, 0.1) is 0 Å². The number of hydrogen-bond donors (Lipinski definition) is 5. The van der Waals surface area contributed by atoms with Gasteiger partial charge in [-0.25, -0.2) is 9.78 Å². The Morgan fingerprint density at radius 1 is 1.13 bits per heavy atom. The number of carboxylic acid groups (broad SMARTS) is 1. The fraction of sp³-hybridized carbons (Fsp3) is 0.400. The van der Waals surface area contributed by atoms with E-state index >= 15 is 0 Å². The number of H-pyrrole nitrogens is 1. The number of thioether (sulfide) groups is 1. The number of aliphatic carboxylic acids is 1. The standard InChI is InChI=1S/C20H27N5O4S/c1-30-8-7-16(24-18(26)15(21)10-14-11-22-12-23-14)19(27)25-17(20(28)29)9-13-5-3-2-4-6-13/h2-6,11-12,15-17H,7-10,21H2,1H3,(H,22,23)(H,24,26)(H,25,27)(H,28,29)/t15-,16-,17-/m0/s1. The Morgan fingerprint density at radius 2 is 1.83 bits per heavy atom. The van der Waals surface area contributed by atoms with E-state index in [1.807, 2.05) is 12.3 Å². The molecule has 0 aliphatic carbocycles. The van der Waals surface area contributed by atoms with Crippen LogP contribution in [0.4, 0.5) is 0 Å². The lowest BCUT2D eigenvalue weighted by molar-refractivity contribution is -0.142. The lowest BCUT2D eigenvalue weighted by atomic mass is 10.0. The van der Waals surface area contributed by atoms with E-state index in [0.717, 1.165) is 5.56 Å². The van der Waals surface area contributed by atoms with Crippen LogP contribution in [-0.4, -0.2) is 63.0 Å². The molecule has 9 nitrogen and oxygen atoms in total. The smallest absolute Gasteiger partial charge is 0.326 e. The van der Waals surface area contributed by atoms with Crippen LogP contribution in [0.15, 0.2) is 42.9 Å². The summed E-state index contributed by atoms with van der Waals surface area (Å²) in [4.78, 5) is 43.7. The van der Waals surface area contributed by atoms with Crippen molar-refractivity contribution in [2.75, 3.05) is 12.0 Å². The Balaban J connectivity index is 2.01. The second-order valence-corrected chi connectivity index (χ2v) is 7.80.